The number of anilines is 1. The Morgan fingerprint density at radius 1 is 1.09 bits per heavy atom. The summed E-state index contributed by atoms with van der Waals surface area (Å²) >= 11 is 0. The molecule has 0 fully saturated rings. The number of hydrogen-bond acceptors (Lipinski definition) is 3. The lowest BCUT2D eigenvalue weighted by molar-refractivity contribution is -0.137. The SMILES string of the molecule is Nc1ccc(CC(=O)N/N=C\c2ccc(C(F)(F)F)cc2)cc1. The second kappa shape index (κ2) is 6.95. The molecule has 1 amide bonds. The number of amides is 1. The summed E-state index contributed by atoms with van der Waals surface area (Å²) in [5.74, 6) is -0.335. The number of nitrogens with two attached hydrogens (primary N) is 1. The molecule has 2 aromatic carbocycles. The molecule has 2 aromatic rings. The van der Waals surface area contributed by atoms with Gasteiger partial charge in [-0.3, -0.25) is 4.79 Å². The molecular weight excluding hydrogens is 307 g/mol. The average Bonchev–Trinajstić information content (AvgIpc) is 2.49. The number of nitrogen functional groups attached to an aromatic ring is 1. The summed E-state index contributed by atoms with van der Waals surface area (Å²) in [6.07, 6.45) is -2.96. The fraction of sp³-hybridized carbons (Fsp3) is 0.125. The van der Waals surface area contributed by atoms with E-state index in [1.807, 2.05) is 0 Å². The molecule has 0 aliphatic carbocycles. The zero-order valence-corrected chi connectivity index (χ0v) is 12.0. The van der Waals surface area contributed by atoms with Crippen LogP contribution in [0, 0.1) is 0 Å². The minimum Gasteiger partial charge on any atom is -0.399 e. The van der Waals surface area contributed by atoms with E-state index in [2.05, 4.69) is 10.5 Å². The van der Waals surface area contributed by atoms with Gasteiger partial charge in [-0.25, -0.2) is 5.43 Å². The third-order valence-electron chi connectivity index (χ3n) is 2.99. The van der Waals surface area contributed by atoms with Crippen molar-refractivity contribution in [3.05, 3.63) is 65.2 Å². The minimum atomic E-state index is -4.37. The van der Waals surface area contributed by atoms with Gasteiger partial charge in [0.1, 0.15) is 0 Å². The molecule has 0 spiro atoms. The van der Waals surface area contributed by atoms with Crippen LogP contribution in [0.4, 0.5) is 18.9 Å². The van der Waals surface area contributed by atoms with Crippen LogP contribution in [0.1, 0.15) is 16.7 Å². The van der Waals surface area contributed by atoms with Crippen molar-refractivity contribution in [3.63, 3.8) is 0 Å². The predicted molar refractivity (Wildman–Crippen MR) is 81.7 cm³/mol. The van der Waals surface area contributed by atoms with Crippen LogP contribution in [-0.2, 0) is 17.4 Å². The van der Waals surface area contributed by atoms with Gasteiger partial charge in [0.2, 0.25) is 5.91 Å². The van der Waals surface area contributed by atoms with E-state index < -0.39 is 11.7 Å². The first-order valence-corrected chi connectivity index (χ1v) is 6.68. The molecule has 0 saturated carbocycles. The number of rotatable bonds is 4. The lowest BCUT2D eigenvalue weighted by atomic mass is 10.1. The maximum atomic E-state index is 12.4. The molecule has 120 valence electrons. The molecule has 0 saturated heterocycles. The van der Waals surface area contributed by atoms with Crippen LogP contribution in [0.2, 0.25) is 0 Å². The highest BCUT2D eigenvalue weighted by Gasteiger charge is 2.29. The van der Waals surface area contributed by atoms with Crippen LogP contribution in [0.25, 0.3) is 0 Å². The number of hydrogen-bond donors (Lipinski definition) is 2. The normalized spacial score (nSPS) is 11.6. The molecule has 0 atom stereocenters. The topological polar surface area (TPSA) is 67.5 Å². The first-order valence-electron chi connectivity index (χ1n) is 6.68. The van der Waals surface area contributed by atoms with Gasteiger partial charge in [-0.2, -0.15) is 18.3 Å². The number of carbonyl (C=O) groups excluding carboxylic acids is 1. The second-order valence-electron chi connectivity index (χ2n) is 4.83. The summed E-state index contributed by atoms with van der Waals surface area (Å²) in [4.78, 5) is 11.7. The fourth-order valence-corrected chi connectivity index (χ4v) is 1.80. The summed E-state index contributed by atoms with van der Waals surface area (Å²) in [5.41, 5.74) is 8.96. The number of nitrogens with zero attached hydrogens (tertiary/aromatic N) is 1. The Hall–Kier alpha value is -2.83. The van der Waals surface area contributed by atoms with E-state index in [0.717, 1.165) is 17.7 Å². The summed E-state index contributed by atoms with van der Waals surface area (Å²) in [5, 5.41) is 3.72. The number of carbonyl (C=O) groups is 1. The fourth-order valence-electron chi connectivity index (χ4n) is 1.80. The Morgan fingerprint density at radius 2 is 1.70 bits per heavy atom. The van der Waals surface area contributed by atoms with Crippen LogP contribution in [-0.4, -0.2) is 12.1 Å². The van der Waals surface area contributed by atoms with E-state index in [1.165, 1.54) is 18.3 Å². The van der Waals surface area contributed by atoms with E-state index >= 15 is 0 Å². The van der Waals surface area contributed by atoms with E-state index in [0.29, 0.717) is 11.3 Å². The van der Waals surface area contributed by atoms with Crippen LogP contribution < -0.4 is 11.2 Å². The van der Waals surface area contributed by atoms with Crippen LogP contribution in [0.15, 0.2) is 53.6 Å². The maximum Gasteiger partial charge on any atom is 0.416 e. The average molecular weight is 321 g/mol. The Morgan fingerprint density at radius 3 is 2.26 bits per heavy atom. The Balaban J connectivity index is 1.88. The molecule has 0 unspecified atom stereocenters. The van der Waals surface area contributed by atoms with Crippen molar-refractivity contribution < 1.29 is 18.0 Å². The van der Waals surface area contributed by atoms with Gasteiger partial charge < -0.3 is 5.73 Å². The molecule has 0 radical (unpaired) electrons. The van der Waals surface area contributed by atoms with Gasteiger partial charge in [-0.15, -0.1) is 0 Å². The molecule has 0 aliphatic heterocycles. The molecule has 0 aliphatic rings. The Kier molecular flexibility index (Phi) is 5.00. The molecule has 7 heteroatoms. The van der Waals surface area contributed by atoms with Gasteiger partial charge in [0.15, 0.2) is 0 Å². The van der Waals surface area contributed by atoms with Crippen molar-refractivity contribution in [1.29, 1.82) is 0 Å². The van der Waals surface area contributed by atoms with Crippen molar-refractivity contribution in [3.8, 4) is 0 Å². The van der Waals surface area contributed by atoms with Crippen molar-refractivity contribution in [2.75, 3.05) is 5.73 Å². The monoisotopic (exact) mass is 321 g/mol. The standard InChI is InChI=1S/C16H14F3N3O/c17-16(18,19)13-5-1-12(2-6-13)10-21-22-15(23)9-11-3-7-14(20)8-4-11/h1-8,10H,9,20H2,(H,22,23)/b21-10-. The number of hydrazone groups is 1. The second-order valence-corrected chi connectivity index (χ2v) is 4.83. The summed E-state index contributed by atoms with van der Waals surface area (Å²) in [6, 6.07) is 11.3. The minimum absolute atomic E-state index is 0.130. The molecular formula is C16H14F3N3O. The van der Waals surface area contributed by atoms with Gasteiger partial charge in [-0.05, 0) is 35.4 Å². The quantitative estimate of drug-likeness (QED) is 0.516. The first-order chi connectivity index (χ1) is 10.8. The summed E-state index contributed by atoms with van der Waals surface area (Å²) < 4.78 is 37.2. The number of alkyl halides is 3. The predicted octanol–water partition coefficient (Wildman–Crippen LogP) is 2.98. The third-order valence-corrected chi connectivity index (χ3v) is 2.99. The number of nitrogens with one attached hydrogen (secondary N) is 1. The molecule has 23 heavy (non-hydrogen) atoms. The molecule has 0 heterocycles. The van der Waals surface area contributed by atoms with Crippen LogP contribution in [0.3, 0.4) is 0 Å². The molecule has 2 rings (SSSR count). The number of halogens is 3. The smallest absolute Gasteiger partial charge is 0.399 e. The number of benzene rings is 2. The lowest BCUT2D eigenvalue weighted by Gasteiger charge is -2.05. The van der Waals surface area contributed by atoms with E-state index in [-0.39, 0.29) is 12.3 Å². The van der Waals surface area contributed by atoms with E-state index in [1.54, 1.807) is 24.3 Å². The zero-order chi connectivity index (χ0) is 16.9. The van der Waals surface area contributed by atoms with Crippen LogP contribution in [0.5, 0.6) is 0 Å². The van der Waals surface area contributed by atoms with Gasteiger partial charge in [0.25, 0.3) is 0 Å². The van der Waals surface area contributed by atoms with Gasteiger partial charge >= 0.3 is 6.18 Å². The zero-order valence-electron chi connectivity index (χ0n) is 12.0. The Labute approximate surface area is 130 Å². The van der Waals surface area contributed by atoms with E-state index in [9.17, 15) is 18.0 Å². The highest BCUT2D eigenvalue weighted by Crippen LogP contribution is 2.28. The van der Waals surface area contributed by atoms with Crippen molar-refractivity contribution in [1.82, 2.24) is 5.43 Å². The Bertz CT molecular complexity index is 692. The molecule has 4 nitrogen and oxygen atoms in total. The van der Waals surface area contributed by atoms with Gasteiger partial charge in [0.05, 0.1) is 18.2 Å². The van der Waals surface area contributed by atoms with Gasteiger partial charge in [-0.1, -0.05) is 24.3 Å². The van der Waals surface area contributed by atoms with Crippen LogP contribution >= 0.6 is 0 Å². The van der Waals surface area contributed by atoms with Crippen molar-refractivity contribution in [2.45, 2.75) is 12.6 Å². The van der Waals surface area contributed by atoms with Crippen molar-refractivity contribution >= 4 is 17.8 Å². The molecule has 0 bridgehead atoms. The maximum absolute atomic E-state index is 12.4. The van der Waals surface area contributed by atoms with E-state index in [4.69, 9.17) is 5.73 Å². The largest absolute Gasteiger partial charge is 0.416 e. The summed E-state index contributed by atoms with van der Waals surface area (Å²) in [7, 11) is 0. The molecule has 3 N–H and O–H groups in total. The third kappa shape index (κ3) is 5.14. The molecule has 0 aromatic heterocycles. The first kappa shape index (κ1) is 16.5. The van der Waals surface area contributed by atoms with Crippen molar-refractivity contribution in [2.24, 2.45) is 5.10 Å². The lowest BCUT2D eigenvalue weighted by Crippen LogP contribution is -2.19. The van der Waals surface area contributed by atoms with Gasteiger partial charge in [0, 0.05) is 5.69 Å². The highest BCUT2D eigenvalue weighted by atomic mass is 19.4. The highest BCUT2D eigenvalue weighted by molar-refractivity contribution is 5.83. The summed E-state index contributed by atoms with van der Waals surface area (Å²) in [6.45, 7) is 0.